The summed E-state index contributed by atoms with van der Waals surface area (Å²) in [6.45, 7) is 5.69. The minimum Gasteiger partial charge on any atom is -0.494 e. The molecule has 0 aliphatic rings. The number of carbonyl (C=O) groups is 1. The Morgan fingerprint density at radius 2 is 1.47 bits per heavy atom. The second kappa shape index (κ2) is 10.1. The number of nitrogens with zero attached hydrogens (tertiary/aromatic N) is 1. The Hall–Kier alpha value is -3.03. The number of hydrogen-bond donors (Lipinski definition) is 0. The van der Waals surface area contributed by atoms with Gasteiger partial charge in [-0.05, 0) is 92.6 Å². The maximum atomic E-state index is 13.4. The van der Waals surface area contributed by atoms with Gasteiger partial charge in [-0.3, -0.25) is 4.79 Å². The highest BCUT2D eigenvalue weighted by Gasteiger charge is 2.31. The number of halogens is 1. The fourth-order valence-electron chi connectivity index (χ4n) is 3.19. The molecule has 0 spiro atoms. The van der Waals surface area contributed by atoms with E-state index in [-0.39, 0.29) is 10.6 Å². The lowest BCUT2D eigenvalue weighted by Gasteiger charge is -2.23. The van der Waals surface area contributed by atoms with Crippen LogP contribution in [-0.4, -0.2) is 27.5 Å². The highest BCUT2D eigenvalue weighted by molar-refractivity contribution is 7.93. The number of carbonyl (C=O) groups excluding carboxylic acids is 1. The van der Waals surface area contributed by atoms with Gasteiger partial charge >= 0.3 is 0 Å². The van der Waals surface area contributed by atoms with Gasteiger partial charge in [0.1, 0.15) is 11.5 Å². The molecule has 6 nitrogen and oxygen atoms in total. The predicted molar refractivity (Wildman–Crippen MR) is 125 cm³/mol. The molecule has 8 heteroatoms. The monoisotopic (exact) mass is 473 g/mol. The normalized spacial score (nSPS) is 11.1. The number of rotatable bonds is 8. The van der Waals surface area contributed by atoms with E-state index in [1.807, 2.05) is 26.8 Å². The van der Waals surface area contributed by atoms with Crippen molar-refractivity contribution in [1.29, 1.82) is 0 Å². The fraction of sp³-hybridized carbons (Fsp3) is 0.208. The van der Waals surface area contributed by atoms with Gasteiger partial charge in [0, 0.05) is 5.02 Å². The van der Waals surface area contributed by atoms with Gasteiger partial charge < -0.3 is 9.47 Å². The number of ether oxygens (including phenoxy) is 2. The van der Waals surface area contributed by atoms with Crippen LogP contribution in [0.15, 0.2) is 71.6 Å². The first-order valence-corrected chi connectivity index (χ1v) is 11.8. The summed E-state index contributed by atoms with van der Waals surface area (Å²) in [5.41, 5.74) is 2.13. The van der Waals surface area contributed by atoms with Gasteiger partial charge in [-0.2, -0.15) is 4.31 Å². The zero-order chi connectivity index (χ0) is 23.3. The summed E-state index contributed by atoms with van der Waals surface area (Å²) in [6, 6.07) is 17.5. The van der Waals surface area contributed by atoms with Crippen LogP contribution in [0.3, 0.4) is 0 Å². The molecule has 32 heavy (non-hydrogen) atoms. The third-order valence-electron chi connectivity index (χ3n) is 4.52. The first-order valence-electron chi connectivity index (χ1n) is 9.98. The van der Waals surface area contributed by atoms with Crippen molar-refractivity contribution in [1.82, 2.24) is 0 Å². The van der Waals surface area contributed by atoms with E-state index < -0.39 is 22.5 Å². The predicted octanol–water partition coefficient (Wildman–Crippen LogP) is 5.16. The van der Waals surface area contributed by atoms with Gasteiger partial charge in [0.2, 0.25) is 0 Å². The van der Waals surface area contributed by atoms with Gasteiger partial charge in [-0.15, -0.1) is 0 Å². The number of amides is 1. The zero-order valence-electron chi connectivity index (χ0n) is 18.0. The zero-order valence-corrected chi connectivity index (χ0v) is 19.6. The summed E-state index contributed by atoms with van der Waals surface area (Å²) >= 11 is 5.90. The molecule has 0 N–H and O–H groups in total. The van der Waals surface area contributed by atoms with E-state index in [0.29, 0.717) is 23.1 Å². The summed E-state index contributed by atoms with van der Waals surface area (Å²) in [4.78, 5) is 13.1. The van der Waals surface area contributed by atoms with E-state index in [1.165, 1.54) is 36.4 Å². The third-order valence-corrected chi connectivity index (χ3v) is 6.53. The van der Waals surface area contributed by atoms with Crippen molar-refractivity contribution in [3.05, 3.63) is 82.9 Å². The Labute approximate surface area is 193 Å². The van der Waals surface area contributed by atoms with E-state index in [9.17, 15) is 13.2 Å². The Kier molecular flexibility index (Phi) is 7.43. The Morgan fingerprint density at radius 3 is 2.03 bits per heavy atom. The molecule has 0 bridgehead atoms. The Balaban J connectivity index is 1.95. The molecule has 0 aliphatic heterocycles. The van der Waals surface area contributed by atoms with Crippen LogP contribution < -0.4 is 13.8 Å². The summed E-state index contributed by atoms with van der Waals surface area (Å²) < 4.78 is 38.6. The Bertz CT molecular complexity index is 1170. The van der Waals surface area contributed by atoms with Crippen LogP contribution in [0.4, 0.5) is 5.69 Å². The smallest absolute Gasteiger partial charge is 0.278 e. The Morgan fingerprint density at radius 1 is 0.875 bits per heavy atom. The molecule has 0 atom stereocenters. The van der Waals surface area contributed by atoms with Crippen molar-refractivity contribution < 1.29 is 22.7 Å². The van der Waals surface area contributed by atoms with E-state index in [2.05, 4.69) is 0 Å². The molecule has 0 saturated heterocycles. The maximum Gasteiger partial charge on any atom is 0.278 e. The van der Waals surface area contributed by atoms with Crippen molar-refractivity contribution in [3.8, 4) is 11.5 Å². The molecule has 0 aromatic heterocycles. The summed E-state index contributed by atoms with van der Waals surface area (Å²) in [6.07, 6.45) is 0. The molecule has 0 fully saturated rings. The average Bonchev–Trinajstić information content (AvgIpc) is 2.73. The first kappa shape index (κ1) is 23.6. The molecule has 0 radical (unpaired) electrons. The minimum atomic E-state index is -4.21. The molecule has 3 rings (SSSR count). The number of aryl methyl sites for hydroxylation is 2. The number of anilines is 1. The van der Waals surface area contributed by atoms with Crippen LogP contribution in [0.25, 0.3) is 0 Å². The third kappa shape index (κ3) is 5.60. The van der Waals surface area contributed by atoms with Gasteiger partial charge in [-0.1, -0.05) is 17.7 Å². The highest BCUT2D eigenvalue weighted by Crippen LogP contribution is 2.27. The van der Waals surface area contributed by atoms with Crippen LogP contribution in [0.5, 0.6) is 11.5 Å². The molecule has 0 heterocycles. The number of sulfonamides is 1. The van der Waals surface area contributed by atoms with Crippen LogP contribution in [0.2, 0.25) is 5.02 Å². The second-order valence-electron chi connectivity index (χ2n) is 7.16. The molecular formula is C24H24ClNO5S. The number of hydrogen-bond acceptors (Lipinski definition) is 5. The standard InChI is InChI=1S/C24H24ClNO5S/c1-4-30-21-9-7-20(8-10-21)26(32(28,29)23-11-5-19(25)6-12-23)24(27)16-31-22-14-17(2)13-18(3)15-22/h5-15H,4,16H2,1-3H3. The SMILES string of the molecule is CCOc1ccc(N(C(=O)COc2cc(C)cc(C)c2)S(=O)(=O)c2ccc(Cl)cc2)cc1. The molecule has 3 aromatic carbocycles. The lowest BCUT2D eigenvalue weighted by atomic mass is 10.1. The summed E-state index contributed by atoms with van der Waals surface area (Å²) in [7, 11) is -4.21. The topological polar surface area (TPSA) is 72.9 Å². The quantitative estimate of drug-likeness (QED) is 0.452. The summed E-state index contributed by atoms with van der Waals surface area (Å²) in [5.74, 6) is 0.327. The van der Waals surface area contributed by atoms with Crippen LogP contribution >= 0.6 is 11.6 Å². The van der Waals surface area contributed by atoms with E-state index in [1.54, 1.807) is 24.3 Å². The lowest BCUT2D eigenvalue weighted by Crippen LogP contribution is -2.40. The molecule has 1 amide bonds. The van der Waals surface area contributed by atoms with Gasteiger partial charge in [0.05, 0.1) is 17.2 Å². The van der Waals surface area contributed by atoms with Crippen LogP contribution in [-0.2, 0) is 14.8 Å². The largest absolute Gasteiger partial charge is 0.494 e. The van der Waals surface area contributed by atoms with Crippen LogP contribution in [0.1, 0.15) is 18.1 Å². The van der Waals surface area contributed by atoms with Crippen molar-refractivity contribution >= 4 is 33.2 Å². The molecule has 168 valence electrons. The average molecular weight is 474 g/mol. The van der Waals surface area contributed by atoms with E-state index >= 15 is 0 Å². The van der Waals surface area contributed by atoms with Crippen molar-refractivity contribution in [2.75, 3.05) is 17.5 Å². The van der Waals surface area contributed by atoms with Gasteiger partial charge in [0.25, 0.3) is 15.9 Å². The summed E-state index contributed by atoms with van der Waals surface area (Å²) in [5, 5.41) is 0.390. The molecule has 0 aliphatic carbocycles. The van der Waals surface area contributed by atoms with Crippen LogP contribution in [0, 0.1) is 13.8 Å². The first-order chi connectivity index (χ1) is 15.2. The van der Waals surface area contributed by atoms with E-state index in [0.717, 1.165) is 15.4 Å². The molecular weight excluding hydrogens is 450 g/mol. The highest BCUT2D eigenvalue weighted by atomic mass is 35.5. The van der Waals surface area contributed by atoms with Crippen molar-refractivity contribution in [2.24, 2.45) is 0 Å². The minimum absolute atomic E-state index is 0.0597. The molecule has 0 unspecified atom stereocenters. The maximum absolute atomic E-state index is 13.4. The fourth-order valence-corrected chi connectivity index (χ4v) is 4.73. The van der Waals surface area contributed by atoms with Crippen molar-refractivity contribution in [2.45, 2.75) is 25.7 Å². The van der Waals surface area contributed by atoms with E-state index in [4.69, 9.17) is 21.1 Å². The second-order valence-corrected chi connectivity index (χ2v) is 9.38. The van der Waals surface area contributed by atoms with Gasteiger partial charge in [-0.25, -0.2) is 8.42 Å². The van der Waals surface area contributed by atoms with Crippen molar-refractivity contribution in [3.63, 3.8) is 0 Å². The molecule has 3 aromatic rings. The van der Waals surface area contributed by atoms with Gasteiger partial charge in [0.15, 0.2) is 6.61 Å². The molecule has 0 saturated carbocycles. The number of benzene rings is 3. The lowest BCUT2D eigenvalue weighted by molar-refractivity contribution is -0.119.